The highest BCUT2D eigenvalue weighted by molar-refractivity contribution is 5.85. The number of aliphatic carboxylic acids is 1. The number of amides is 1. The predicted octanol–water partition coefficient (Wildman–Crippen LogP) is 0.233. The first kappa shape index (κ1) is 9.03. The molecule has 0 aromatic heterocycles. The van der Waals surface area contributed by atoms with Crippen LogP contribution in [0.25, 0.3) is 0 Å². The summed E-state index contributed by atoms with van der Waals surface area (Å²) < 4.78 is 0. The fraction of sp³-hybridized carbons (Fsp3) is 0.750. The van der Waals surface area contributed by atoms with Gasteiger partial charge in [0, 0.05) is 12.0 Å². The average Bonchev–Trinajstić information content (AvgIpc) is 1.94. The second-order valence-electron chi connectivity index (χ2n) is 3.83. The first-order chi connectivity index (χ1) is 5.43. The van der Waals surface area contributed by atoms with Gasteiger partial charge in [0.1, 0.15) is 0 Å². The molecule has 1 heterocycles. The Morgan fingerprint density at radius 3 is 2.67 bits per heavy atom. The number of nitrogens with one attached hydrogen (secondary N) is 1. The number of carbonyl (C=O) groups is 2. The maximum Gasteiger partial charge on any atom is 0.308 e. The minimum Gasteiger partial charge on any atom is -0.481 e. The van der Waals surface area contributed by atoms with E-state index < -0.39 is 17.3 Å². The van der Waals surface area contributed by atoms with Crippen molar-refractivity contribution >= 4 is 11.9 Å². The fourth-order valence-corrected chi connectivity index (χ4v) is 1.41. The topological polar surface area (TPSA) is 66.4 Å². The summed E-state index contributed by atoms with van der Waals surface area (Å²) >= 11 is 0. The lowest BCUT2D eigenvalue weighted by Gasteiger charge is -2.32. The van der Waals surface area contributed by atoms with Gasteiger partial charge in [-0.15, -0.1) is 0 Å². The first-order valence-corrected chi connectivity index (χ1v) is 3.94. The van der Waals surface area contributed by atoms with E-state index in [1.165, 1.54) is 0 Å². The summed E-state index contributed by atoms with van der Waals surface area (Å²) in [6.45, 7) is 3.78. The predicted molar refractivity (Wildman–Crippen MR) is 42.5 cm³/mol. The van der Waals surface area contributed by atoms with E-state index in [1.807, 2.05) is 0 Å². The normalized spacial score (nSPS) is 27.8. The van der Waals surface area contributed by atoms with Gasteiger partial charge in [-0.1, -0.05) is 13.8 Å². The van der Waals surface area contributed by atoms with E-state index in [4.69, 9.17) is 5.11 Å². The molecule has 1 unspecified atom stereocenters. The number of hydrogen-bond acceptors (Lipinski definition) is 2. The van der Waals surface area contributed by atoms with Crippen LogP contribution in [-0.2, 0) is 9.59 Å². The van der Waals surface area contributed by atoms with Crippen molar-refractivity contribution < 1.29 is 14.7 Å². The highest BCUT2D eigenvalue weighted by Gasteiger charge is 2.38. The fourth-order valence-electron chi connectivity index (χ4n) is 1.41. The van der Waals surface area contributed by atoms with Gasteiger partial charge in [-0.2, -0.15) is 0 Å². The number of carbonyl (C=O) groups excluding carboxylic acids is 1. The maximum absolute atomic E-state index is 11.2. The summed E-state index contributed by atoms with van der Waals surface area (Å²) in [6, 6.07) is 0. The van der Waals surface area contributed by atoms with E-state index in [2.05, 4.69) is 5.32 Å². The van der Waals surface area contributed by atoms with Gasteiger partial charge in [-0.05, 0) is 6.42 Å². The summed E-state index contributed by atoms with van der Waals surface area (Å²) in [5.74, 6) is -1.32. The van der Waals surface area contributed by atoms with Crippen molar-refractivity contribution in [2.45, 2.75) is 20.3 Å². The van der Waals surface area contributed by atoms with E-state index in [-0.39, 0.29) is 12.5 Å². The quantitative estimate of drug-likeness (QED) is 0.593. The number of carboxylic acids is 1. The van der Waals surface area contributed by atoms with Crippen LogP contribution in [0.4, 0.5) is 0 Å². The zero-order valence-electron chi connectivity index (χ0n) is 7.26. The molecule has 0 spiro atoms. The molecule has 0 aromatic rings. The van der Waals surface area contributed by atoms with Gasteiger partial charge in [0.15, 0.2) is 0 Å². The molecule has 4 heteroatoms. The minimum absolute atomic E-state index is 0.0556. The molecule has 1 saturated heterocycles. The van der Waals surface area contributed by atoms with E-state index in [0.29, 0.717) is 6.42 Å². The molecule has 1 aliphatic rings. The standard InChI is InChI=1S/C8H13NO3/c1-8(2)3-5(6(10)11)4-9-7(8)12/h5H,3-4H2,1-2H3,(H,9,12)(H,10,11). The van der Waals surface area contributed by atoms with Crippen LogP contribution in [0, 0.1) is 11.3 Å². The molecular formula is C8H13NO3. The van der Waals surface area contributed by atoms with Crippen LogP contribution >= 0.6 is 0 Å². The highest BCUT2D eigenvalue weighted by Crippen LogP contribution is 2.28. The van der Waals surface area contributed by atoms with Gasteiger partial charge < -0.3 is 10.4 Å². The van der Waals surface area contributed by atoms with Gasteiger partial charge in [0.05, 0.1) is 5.92 Å². The number of rotatable bonds is 1. The Morgan fingerprint density at radius 1 is 1.67 bits per heavy atom. The molecule has 1 amide bonds. The third kappa shape index (κ3) is 1.57. The van der Waals surface area contributed by atoms with Gasteiger partial charge in [0.2, 0.25) is 5.91 Å². The van der Waals surface area contributed by atoms with E-state index in [1.54, 1.807) is 13.8 Å². The third-order valence-electron chi connectivity index (χ3n) is 2.23. The summed E-state index contributed by atoms with van der Waals surface area (Å²) in [5.41, 5.74) is -0.540. The van der Waals surface area contributed by atoms with Crippen LogP contribution in [0.15, 0.2) is 0 Å². The lowest BCUT2D eigenvalue weighted by atomic mass is 9.79. The van der Waals surface area contributed by atoms with Crippen LogP contribution in [0.2, 0.25) is 0 Å². The molecule has 2 N–H and O–H groups in total. The molecule has 1 rings (SSSR count). The number of hydrogen-bond donors (Lipinski definition) is 2. The van der Waals surface area contributed by atoms with Gasteiger partial charge in [0.25, 0.3) is 0 Å². The smallest absolute Gasteiger partial charge is 0.308 e. The maximum atomic E-state index is 11.2. The summed E-state index contributed by atoms with van der Waals surface area (Å²) in [5, 5.41) is 11.3. The Labute approximate surface area is 71.0 Å². The molecule has 68 valence electrons. The Kier molecular flexibility index (Phi) is 2.08. The number of carboxylic acid groups (broad SMARTS) is 1. The second-order valence-corrected chi connectivity index (χ2v) is 3.83. The molecule has 0 aromatic carbocycles. The van der Waals surface area contributed by atoms with Crippen molar-refractivity contribution in [3.63, 3.8) is 0 Å². The van der Waals surface area contributed by atoms with Crippen molar-refractivity contribution in [2.75, 3.05) is 6.54 Å². The first-order valence-electron chi connectivity index (χ1n) is 3.94. The summed E-state index contributed by atoms with van der Waals surface area (Å²) in [4.78, 5) is 21.8. The monoisotopic (exact) mass is 171 g/mol. The zero-order valence-corrected chi connectivity index (χ0v) is 7.26. The molecule has 0 radical (unpaired) electrons. The second kappa shape index (κ2) is 2.77. The lowest BCUT2D eigenvalue weighted by Crippen LogP contribution is -2.48. The van der Waals surface area contributed by atoms with Crippen molar-refractivity contribution in [1.82, 2.24) is 5.32 Å². The van der Waals surface area contributed by atoms with E-state index in [0.717, 1.165) is 0 Å². The highest BCUT2D eigenvalue weighted by atomic mass is 16.4. The van der Waals surface area contributed by atoms with Crippen molar-refractivity contribution in [3.8, 4) is 0 Å². The minimum atomic E-state index is -0.830. The summed E-state index contributed by atoms with van der Waals surface area (Å²) in [6.07, 6.45) is 0.425. The third-order valence-corrected chi connectivity index (χ3v) is 2.23. The Hall–Kier alpha value is -1.06. The molecule has 1 fully saturated rings. The molecule has 12 heavy (non-hydrogen) atoms. The Morgan fingerprint density at radius 2 is 2.25 bits per heavy atom. The van der Waals surface area contributed by atoms with Gasteiger partial charge in [-0.25, -0.2) is 0 Å². The van der Waals surface area contributed by atoms with Crippen LogP contribution in [0.1, 0.15) is 20.3 Å². The molecule has 1 atom stereocenters. The Balaban J connectivity index is 2.69. The van der Waals surface area contributed by atoms with Gasteiger partial charge in [-0.3, -0.25) is 9.59 Å². The van der Waals surface area contributed by atoms with Crippen LogP contribution in [0.5, 0.6) is 0 Å². The van der Waals surface area contributed by atoms with Crippen LogP contribution < -0.4 is 5.32 Å². The SMILES string of the molecule is CC1(C)CC(C(=O)O)CNC1=O. The molecular weight excluding hydrogens is 158 g/mol. The molecule has 4 nitrogen and oxygen atoms in total. The molecule has 0 aliphatic carbocycles. The van der Waals surface area contributed by atoms with E-state index in [9.17, 15) is 9.59 Å². The molecule has 0 bridgehead atoms. The van der Waals surface area contributed by atoms with E-state index >= 15 is 0 Å². The average molecular weight is 171 g/mol. The van der Waals surface area contributed by atoms with Crippen molar-refractivity contribution in [2.24, 2.45) is 11.3 Å². The van der Waals surface area contributed by atoms with Gasteiger partial charge >= 0.3 is 5.97 Å². The van der Waals surface area contributed by atoms with Crippen LogP contribution in [0.3, 0.4) is 0 Å². The molecule has 0 saturated carbocycles. The van der Waals surface area contributed by atoms with Crippen molar-refractivity contribution in [1.29, 1.82) is 0 Å². The summed E-state index contributed by atoms with van der Waals surface area (Å²) in [7, 11) is 0. The largest absolute Gasteiger partial charge is 0.481 e. The lowest BCUT2D eigenvalue weighted by molar-refractivity contribution is -0.146. The molecule has 1 aliphatic heterocycles. The zero-order chi connectivity index (χ0) is 9.35. The van der Waals surface area contributed by atoms with Crippen LogP contribution in [-0.4, -0.2) is 23.5 Å². The Bertz CT molecular complexity index is 222. The van der Waals surface area contributed by atoms with Crippen molar-refractivity contribution in [3.05, 3.63) is 0 Å². The number of piperidine rings is 1.